The first-order valence-corrected chi connectivity index (χ1v) is 9.27. The van der Waals surface area contributed by atoms with Crippen molar-refractivity contribution in [1.82, 2.24) is 19.7 Å². The molecule has 0 spiro atoms. The number of benzene rings is 1. The maximum atomic E-state index is 12.2. The summed E-state index contributed by atoms with van der Waals surface area (Å²) in [5.74, 6) is 0.756. The molecular weight excluding hydrogens is 352 g/mol. The molecule has 28 heavy (non-hydrogen) atoms. The van der Waals surface area contributed by atoms with Crippen LogP contribution in [0, 0.1) is 0 Å². The lowest BCUT2D eigenvalue weighted by atomic mass is 10.0. The lowest BCUT2D eigenvalue weighted by Gasteiger charge is -2.24. The summed E-state index contributed by atoms with van der Waals surface area (Å²) in [6, 6.07) is 12.9. The summed E-state index contributed by atoms with van der Waals surface area (Å²) in [7, 11) is 0. The smallest absolute Gasteiger partial charge is 0.267 e. The van der Waals surface area contributed by atoms with Crippen LogP contribution in [0.5, 0.6) is 0 Å². The molecule has 0 amide bonds. The number of nitrogens with zero attached hydrogens (tertiary/aromatic N) is 4. The van der Waals surface area contributed by atoms with E-state index in [9.17, 15) is 4.79 Å². The second kappa shape index (κ2) is 7.42. The summed E-state index contributed by atoms with van der Waals surface area (Å²) in [6.07, 6.45) is 0. The van der Waals surface area contributed by atoms with Gasteiger partial charge in [-0.1, -0.05) is 30.3 Å². The molecule has 0 aliphatic rings. The largest absolute Gasteiger partial charge is 0.368 e. The zero-order valence-electron chi connectivity index (χ0n) is 16.9. The molecule has 3 rings (SSSR count). The van der Waals surface area contributed by atoms with Crippen molar-refractivity contribution in [2.45, 2.75) is 46.2 Å². The lowest BCUT2D eigenvalue weighted by molar-refractivity contribution is 0.505. The minimum atomic E-state index is -0.254. The molecule has 146 valence electrons. The molecule has 2 heterocycles. The first-order chi connectivity index (χ1) is 13.2. The third-order valence-electron chi connectivity index (χ3n) is 4.04. The van der Waals surface area contributed by atoms with Gasteiger partial charge in [0.25, 0.3) is 5.56 Å². The van der Waals surface area contributed by atoms with Gasteiger partial charge in [0, 0.05) is 17.2 Å². The van der Waals surface area contributed by atoms with E-state index in [1.165, 1.54) is 10.7 Å². The highest BCUT2D eigenvalue weighted by atomic mass is 16.1. The number of anilines is 2. The first kappa shape index (κ1) is 19.5. The molecule has 3 aromatic rings. The average molecular weight is 378 g/mol. The Morgan fingerprint density at radius 2 is 1.71 bits per heavy atom. The van der Waals surface area contributed by atoms with Gasteiger partial charge in [-0.3, -0.25) is 4.79 Å². The molecule has 0 saturated carbocycles. The summed E-state index contributed by atoms with van der Waals surface area (Å²) in [5.41, 5.74) is 8.51. The number of hydrogen-bond acceptors (Lipinski definition) is 6. The van der Waals surface area contributed by atoms with Crippen molar-refractivity contribution in [2.75, 3.05) is 11.1 Å². The van der Waals surface area contributed by atoms with Gasteiger partial charge in [0.1, 0.15) is 5.82 Å². The van der Waals surface area contributed by atoms with Crippen LogP contribution in [0.1, 0.15) is 40.7 Å². The fourth-order valence-electron chi connectivity index (χ4n) is 2.90. The maximum Gasteiger partial charge on any atom is 0.267 e. The van der Waals surface area contributed by atoms with Gasteiger partial charge >= 0.3 is 0 Å². The van der Waals surface area contributed by atoms with Crippen molar-refractivity contribution in [1.29, 1.82) is 0 Å². The van der Waals surface area contributed by atoms with E-state index >= 15 is 0 Å². The number of nitrogens with two attached hydrogens (primary N) is 1. The van der Waals surface area contributed by atoms with E-state index in [0.29, 0.717) is 22.8 Å². The highest BCUT2D eigenvalue weighted by Gasteiger charge is 2.22. The minimum Gasteiger partial charge on any atom is -0.368 e. The van der Waals surface area contributed by atoms with Crippen molar-refractivity contribution in [3.63, 3.8) is 0 Å². The van der Waals surface area contributed by atoms with Crippen LogP contribution in [0.3, 0.4) is 0 Å². The van der Waals surface area contributed by atoms with Crippen LogP contribution in [0.4, 0.5) is 11.8 Å². The van der Waals surface area contributed by atoms with Crippen LogP contribution in [0.25, 0.3) is 22.5 Å². The fraction of sp³-hybridized carbons (Fsp3) is 0.333. The van der Waals surface area contributed by atoms with Gasteiger partial charge < -0.3 is 11.1 Å². The molecule has 0 fully saturated rings. The van der Waals surface area contributed by atoms with Crippen LogP contribution < -0.4 is 16.6 Å². The van der Waals surface area contributed by atoms with Crippen molar-refractivity contribution >= 4 is 11.8 Å². The summed E-state index contributed by atoms with van der Waals surface area (Å²) >= 11 is 0. The Hall–Kier alpha value is -3.22. The summed E-state index contributed by atoms with van der Waals surface area (Å²) < 4.78 is 1.46. The van der Waals surface area contributed by atoms with Gasteiger partial charge in [-0.25, -0.2) is 9.67 Å². The Balaban J connectivity index is 2.34. The van der Waals surface area contributed by atoms with Crippen LogP contribution in [-0.2, 0) is 0 Å². The molecule has 2 aromatic heterocycles. The summed E-state index contributed by atoms with van der Waals surface area (Å²) in [4.78, 5) is 21.2. The van der Waals surface area contributed by atoms with Gasteiger partial charge in [0.05, 0.1) is 23.0 Å². The van der Waals surface area contributed by atoms with E-state index in [0.717, 1.165) is 5.56 Å². The maximum absolute atomic E-state index is 12.2. The van der Waals surface area contributed by atoms with E-state index in [1.54, 1.807) is 6.07 Å². The normalized spacial score (nSPS) is 11.6. The number of nitrogen functional groups attached to an aromatic ring is 1. The molecule has 0 radical (unpaired) electrons. The van der Waals surface area contributed by atoms with Crippen LogP contribution in [0.2, 0.25) is 0 Å². The monoisotopic (exact) mass is 378 g/mol. The van der Waals surface area contributed by atoms with Gasteiger partial charge in [0.2, 0.25) is 5.95 Å². The Kier molecular flexibility index (Phi) is 5.18. The topological polar surface area (TPSA) is 98.7 Å². The number of hydrogen-bond donors (Lipinski definition) is 2. The lowest BCUT2D eigenvalue weighted by Crippen LogP contribution is -2.28. The number of rotatable bonds is 4. The predicted molar refractivity (Wildman–Crippen MR) is 113 cm³/mol. The molecule has 1 aromatic carbocycles. The summed E-state index contributed by atoms with van der Waals surface area (Å²) in [6.45, 7) is 9.97. The number of aromatic nitrogens is 4. The molecule has 0 bridgehead atoms. The highest BCUT2D eigenvalue weighted by Crippen LogP contribution is 2.36. The molecule has 0 unspecified atom stereocenters. The zero-order chi connectivity index (χ0) is 20.5. The van der Waals surface area contributed by atoms with Gasteiger partial charge in [-0.15, -0.1) is 0 Å². The second-order valence-corrected chi connectivity index (χ2v) is 7.99. The van der Waals surface area contributed by atoms with Crippen molar-refractivity contribution in [2.24, 2.45) is 0 Å². The van der Waals surface area contributed by atoms with E-state index in [4.69, 9.17) is 5.73 Å². The van der Waals surface area contributed by atoms with Gasteiger partial charge in [-0.05, 0) is 40.7 Å². The third-order valence-corrected chi connectivity index (χ3v) is 4.04. The molecule has 0 saturated heterocycles. The molecule has 0 aliphatic heterocycles. The van der Waals surface area contributed by atoms with Crippen LogP contribution in [-0.4, -0.2) is 25.3 Å². The molecule has 0 atom stereocenters. The molecule has 7 nitrogen and oxygen atoms in total. The predicted octanol–water partition coefficient (Wildman–Crippen LogP) is 3.74. The molecule has 3 N–H and O–H groups in total. The zero-order valence-corrected chi connectivity index (χ0v) is 16.9. The third kappa shape index (κ3) is 4.19. The van der Waals surface area contributed by atoms with E-state index in [2.05, 4.69) is 20.4 Å². The number of nitrogens with one attached hydrogen (secondary N) is 1. The molecular formula is C21H26N6O. The Labute approximate surface area is 164 Å². The molecule has 0 aliphatic carbocycles. The van der Waals surface area contributed by atoms with E-state index in [1.807, 2.05) is 65.0 Å². The van der Waals surface area contributed by atoms with Crippen molar-refractivity contribution in [3.8, 4) is 22.5 Å². The minimum absolute atomic E-state index is 0.0682. The fourth-order valence-corrected chi connectivity index (χ4v) is 2.90. The van der Waals surface area contributed by atoms with Gasteiger partial charge in [-0.2, -0.15) is 10.1 Å². The molecule has 7 heteroatoms. The average Bonchev–Trinajstić information content (AvgIpc) is 2.61. The van der Waals surface area contributed by atoms with Crippen molar-refractivity contribution < 1.29 is 0 Å². The second-order valence-electron chi connectivity index (χ2n) is 7.99. The Morgan fingerprint density at radius 3 is 2.32 bits per heavy atom. The Morgan fingerprint density at radius 1 is 1.04 bits per heavy atom. The van der Waals surface area contributed by atoms with Crippen LogP contribution >= 0.6 is 0 Å². The van der Waals surface area contributed by atoms with Crippen molar-refractivity contribution in [3.05, 3.63) is 52.8 Å². The highest BCUT2D eigenvalue weighted by molar-refractivity contribution is 5.87. The standard InChI is InChI=1S/C21H26N6O/c1-13(2)27-16(28)12-11-15(26-27)17-18(14-9-7-6-8-10-14)23-20(22)24-19(17)25-21(3,4)5/h6-13H,1-5H3,(H3,22,23,24,25). The SMILES string of the molecule is CC(C)n1nc(-c2c(NC(C)(C)C)nc(N)nc2-c2ccccc2)ccc1=O. The van der Waals surface area contributed by atoms with E-state index < -0.39 is 0 Å². The van der Waals surface area contributed by atoms with Crippen LogP contribution in [0.15, 0.2) is 47.3 Å². The Bertz CT molecular complexity index is 1030. The quantitative estimate of drug-likeness (QED) is 0.717. The van der Waals surface area contributed by atoms with Gasteiger partial charge in [0.15, 0.2) is 0 Å². The first-order valence-electron chi connectivity index (χ1n) is 9.27. The summed E-state index contributed by atoms with van der Waals surface area (Å²) in [5, 5.41) is 8.00. The van der Waals surface area contributed by atoms with E-state index in [-0.39, 0.29) is 23.1 Å².